The van der Waals surface area contributed by atoms with E-state index < -0.39 is 0 Å². The second kappa shape index (κ2) is 7.53. The Hall–Kier alpha value is -2.69. The number of fused-ring (bicyclic) bond motifs is 4. The van der Waals surface area contributed by atoms with Crippen LogP contribution in [0.15, 0.2) is 41.4 Å². The van der Waals surface area contributed by atoms with E-state index in [0.29, 0.717) is 5.92 Å². The molecule has 2 fully saturated rings. The van der Waals surface area contributed by atoms with Crippen LogP contribution in [0.1, 0.15) is 56.6 Å². The van der Waals surface area contributed by atoms with Gasteiger partial charge < -0.3 is 4.90 Å². The Balaban J connectivity index is 1.45. The number of pyridine rings is 2. The summed E-state index contributed by atoms with van der Waals surface area (Å²) in [6.07, 6.45) is 8.87. The summed E-state index contributed by atoms with van der Waals surface area (Å²) in [5.74, 6) is 2.72. The summed E-state index contributed by atoms with van der Waals surface area (Å²) in [6.45, 7) is 4.13. The van der Waals surface area contributed by atoms with E-state index in [9.17, 15) is 0 Å². The van der Waals surface area contributed by atoms with Crippen LogP contribution in [-0.4, -0.2) is 47.0 Å². The van der Waals surface area contributed by atoms with E-state index in [2.05, 4.69) is 46.2 Å². The van der Waals surface area contributed by atoms with Crippen LogP contribution in [0.4, 0.5) is 5.82 Å². The van der Waals surface area contributed by atoms with Crippen molar-refractivity contribution in [1.29, 1.82) is 0 Å². The molecule has 0 bridgehead atoms. The minimum Gasteiger partial charge on any atom is -0.342 e. The van der Waals surface area contributed by atoms with E-state index in [4.69, 9.17) is 15.0 Å². The fraction of sp³-hybridized carbons (Fsp3) is 0.480. The Morgan fingerprint density at radius 1 is 0.700 bits per heavy atom. The van der Waals surface area contributed by atoms with Crippen molar-refractivity contribution in [2.24, 2.45) is 4.99 Å². The van der Waals surface area contributed by atoms with Gasteiger partial charge >= 0.3 is 0 Å². The molecule has 30 heavy (non-hydrogen) atoms. The summed E-state index contributed by atoms with van der Waals surface area (Å²) in [5, 5.41) is 2.35. The maximum absolute atomic E-state index is 5.17. The standard InChI is InChI=1S/C25H29N5/c1-2-6-18(7-3-1)21-12-10-19-8-9-20-11-13-22(28-24(20)23(19)27-21)30-17-5-16-29-15-4-14-26-25(29)30/h8-13,18H,1-7,14-17H2. The van der Waals surface area contributed by atoms with Gasteiger partial charge in [-0.1, -0.05) is 37.5 Å². The molecule has 3 aromatic rings. The first-order valence-electron chi connectivity index (χ1n) is 11.6. The van der Waals surface area contributed by atoms with Crippen LogP contribution >= 0.6 is 0 Å². The number of hydrogen-bond donors (Lipinski definition) is 0. The molecule has 1 aromatic carbocycles. The van der Waals surface area contributed by atoms with Crippen LogP contribution in [0.3, 0.4) is 0 Å². The second-order valence-electron chi connectivity index (χ2n) is 8.98. The van der Waals surface area contributed by atoms with Crippen LogP contribution in [0.25, 0.3) is 21.8 Å². The van der Waals surface area contributed by atoms with Gasteiger partial charge in [0.05, 0.1) is 11.0 Å². The molecule has 2 aliphatic heterocycles. The number of rotatable bonds is 2. The minimum absolute atomic E-state index is 0.605. The van der Waals surface area contributed by atoms with Gasteiger partial charge in [-0.3, -0.25) is 14.9 Å². The van der Waals surface area contributed by atoms with Gasteiger partial charge in [0.1, 0.15) is 5.82 Å². The lowest BCUT2D eigenvalue weighted by Crippen LogP contribution is -2.52. The van der Waals surface area contributed by atoms with Crippen molar-refractivity contribution in [2.45, 2.75) is 50.9 Å². The number of hydrogen-bond acceptors (Lipinski definition) is 5. The lowest BCUT2D eigenvalue weighted by molar-refractivity contribution is 0.359. The topological polar surface area (TPSA) is 44.6 Å². The fourth-order valence-corrected chi connectivity index (χ4v) is 5.39. The summed E-state index contributed by atoms with van der Waals surface area (Å²) < 4.78 is 0. The monoisotopic (exact) mass is 399 g/mol. The first-order chi connectivity index (χ1) is 14.9. The largest absolute Gasteiger partial charge is 0.342 e. The zero-order chi connectivity index (χ0) is 19.9. The van der Waals surface area contributed by atoms with E-state index in [1.807, 2.05) is 0 Å². The molecule has 1 aliphatic carbocycles. The van der Waals surface area contributed by atoms with E-state index in [1.54, 1.807) is 0 Å². The molecule has 0 atom stereocenters. The molecule has 4 heterocycles. The third-order valence-corrected chi connectivity index (χ3v) is 7.00. The average Bonchev–Trinajstić information content (AvgIpc) is 2.83. The molecule has 5 heteroatoms. The van der Waals surface area contributed by atoms with Gasteiger partial charge in [-0.2, -0.15) is 0 Å². The molecule has 0 spiro atoms. The maximum atomic E-state index is 5.17. The number of aromatic nitrogens is 2. The molecule has 6 rings (SSSR count). The summed E-state index contributed by atoms with van der Waals surface area (Å²) in [7, 11) is 0. The molecule has 154 valence electrons. The molecule has 0 N–H and O–H groups in total. The van der Waals surface area contributed by atoms with Crippen LogP contribution in [0.2, 0.25) is 0 Å². The van der Waals surface area contributed by atoms with Gasteiger partial charge in [-0.05, 0) is 43.9 Å². The summed E-state index contributed by atoms with van der Waals surface area (Å²) in [5.41, 5.74) is 3.33. The highest BCUT2D eigenvalue weighted by atomic mass is 15.4. The SMILES string of the molecule is c1cc2ccc3ccc(N4CCCN5CCCN=C54)nc3c2nc1C1CCCCC1. The highest BCUT2D eigenvalue weighted by molar-refractivity contribution is 6.04. The quantitative estimate of drug-likeness (QED) is 0.562. The molecular formula is C25H29N5. The molecule has 5 nitrogen and oxygen atoms in total. The van der Waals surface area contributed by atoms with Gasteiger partial charge in [0, 0.05) is 48.6 Å². The number of aliphatic imine (C=N–C) groups is 1. The molecular weight excluding hydrogens is 370 g/mol. The van der Waals surface area contributed by atoms with Crippen LogP contribution in [0, 0.1) is 0 Å². The van der Waals surface area contributed by atoms with Crippen molar-refractivity contribution in [3.63, 3.8) is 0 Å². The van der Waals surface area contributed by atoms with E-state index in [1.165, 1.54) is 48.6 Å². The molecule has 0 unspecified atom stereocenters. The van der Waals surface area contributed by atoms with Crippen molar-refractivity contribution >= 4 is 33.6 Å². The number of anilines is 1. The normalized spacial score (nSPS) is 20.5. The van der Waals surface area contributed by atoms with Crippen LogP contribution < -0.4 is 4.90 Å². The van der Waals surface area contributed by atoms with Crippen molar-refractivity contribution < 1.29 is 0 Å². The lowest BCUT2D eigenvalue weighted by atomic mass is 9.86. The van der Waals surface area contributed by atoms with E-state index >= 15 is 0 Å². The highest BCUT2D eigenvalue weighted by Gasteiger charge is 2.27. The smallest absolute Gasteiger partial charge is 0.202 e. The second-order valence-corrected chi connectivity index (χ2v) is 8.98. The molecule has 0 radical (unpaired) electrons. The Labute approximate surface area is 177 Å². The fourth-order valence-electron chi connectivity index (χ4n) is 5.39. The zero-order valence-corrected chi connectivity index (χ0v) is 17.6. The predicted molar refractivity (Wildman–Crippen MR) is 123 cm³/mol. The van der Waals surface area contributed by atoms with E-state index in [-0.39, 0.29) is 0 Å². The van der Waals surface area contributed by atoms with Crippen molar-refractivity contribution in [3.05, 3.63) is 42.1 Å². The average molecular weight is 400 g/mol. The van der Waals surface area contributed by atoms with Crippen LogP contribution in [0.5, 0.6) is 0 Å². The summed E-state index contributed by atoms with van der Waals surface area (Å²) in [6, 6.07) is 13.2. The predicted octanol–water partition coefficient (Wildman–Crippen LogP) is 5.10. The Morgan fingerprint density at radius 3 is 2.30 bits per heavy atom. The maximum Gasteiger partial charge on any atom is 0.202 e. The zero-order valence-electron chi connectivity index (χ0n) is 17.6. The highest BCUT2D eigenvalue weighted by Crippen LogP contribution is 2.34. The third-order valence-electron chi connectivity index (χ3n) is 7.00. The first-order valence-corrected chi connectivity index (χ1v) is 11.6. The number of benzene rings is 1. The van der Waals surface area contributed by atoms with Gasteiger partial charge in [-0.15, -0.1) is 0 Å². The Kier molecular flexibility index (Phi) is 4.55. The molecule has 3 aliphatic rings. The van der Waals surface area contributed by atoms with Gasteiger partial charge in [0.15, 0.2) is 0 Å². The van der Waals surface area contributed by atoms with Gasteiger partial charge in [-0.25, -0.2) is 4.98 Å². The van der Waals surface area contributed by atoms with Gasteiger partial charge in [0.25, 0.3) is 0 Å². The Bertz CT molecular complexity index is 1120. The summed E-state index contributed by atoms with van der Waals surface area (Å²) >= 11 is 0. The number of guanidine groups is 1. The van der Waals surface area contributed by atoms with Crippen LogP contribution in [-0.2, 0) is 0 Å². The third kappa shape index (κ3) is 3.11. The Morgan fingerprint density at radius 2 is 1.43 bits per heavy atom. The molecule has 0 amide bonds. The first kappa shape index (κ1) is 18.1. The number of nitrogens with zero attached hydrogens (tertiary/aromatic N) is 5. The lowest BCUT2D eigenvalue weighted by Gasteiger charge is -2.40. The molecule has 1 saturated carbocycles. The van der Waals surface area contributed by atoms with Gasteiger partial charge in [0.2, 0.25) is 5.96 Å². The van der Waals surface area contributed by atoms with Crippen molar-refractivity contribution in [3.8, 4) is 0 Å². The summed E-state index contributed by atoms with van der Waals surface area (Å²) in [4.78, 5) is 19.9. The van der Waals surface area contributed by atoms with E-state index in [0.717, 1.165) is 61.8 Å². The van der Waals surface area contributed by atoms with Crippen molar-refractivity contribution in [2.75, 3.05) is 31.1 Å². The van der Waals surface area contributed by atoms with Crippen molar-refractivity contribution in [1.82, 2.24) is 14.9 Å². The molecule has 1 saturated heterocycles. The molecule has 2 aromatic heterocycles. The minimum atomic E-state index is 0.605.